The molecule has 7 nitrogen and oxygen atoms in total. The Hall–Kier alpha value is -2.42. The molecule has 1 amide bonds. The number of sulfonamides is 1. The summed E-state index contributed by atoms with van der Waals surface area (Å²) < 4.78 is 32.0. The minimum Gasteiger partial charge on any atom is -0.497 e. The first kappa shape index (κ1) is 21.3. The van der Waals surface area contributed by atoms with Crippen LogP contribution in [0.3, 0.4) is 0 Å². The number of benzene rings is 2. The molecule has 156 valence electrons. The van der Waals surface area contributed by atoms with Gasteiger partial charge in [0.2, 0.25) is 15.9 Å². The van der Waals surface area contributed by atoms with Crippen LogP contribution in [0.2, 0.25) is 0 Å². The van der Waals surface area contributed by atoms with Crippen LogP contribution in [0.5, 0.6) is 5.75 Å². The molecule has 1 fully saturated rings. The van der Waals surface area contributed by atoms with Crippen LogP contribution >= 0.6 is 0 Å². The van der Waals surface area contributed by atoms with E-state index in [1.165, 1.54) is 4.31 Å². The van der Waals surface area contributed by atoms with Crippen LogP contribution in [-0.4, -0.2) is 75.3 Å². The van der Waals surface area contributed by atoms with Crippen LogP contribution in [0, 0.1) is 0 Å². The Balaban J connectivity index is 1.50. The average Bonchev–Trinajstić information content (AvgIpc) is 2.75. The Morgan fingerprint density at radius 3 is 2.21 bits per heavy atom. The number of piperazine rings is 1. The summed E-state index contributed by atoms with van der Waals surface area (Å²) in [4.78, 5) is 16.6. The first-order valence-electron chi connectivity index (χ1n) is 9.54. The van der Waals surface area contributed by atoms with Crippen molar-refractivity contribution in [1.29, 1.82) is 0 Å². The third-order valence-corrected chi connectivity index (χ3v) is 6.90. The number of likely N-dealkylation sites (N-methyl/N-ethyl adjacent to an activating group) is 1. The van der Waals surface area contributed by atoms with E-state index in [2.05, 4.69) is 0 Å². The summed E-state index contributed by atoms with van der Waals surface area (Å²) in [7, 11) is 0.0247. The standard InChI is InChI=1S/C21H27N3O4S/c1-22(16-18-8-10-19(28-2)11-9-18)17-21(25)23-12-14-24(15-13-23)29(26,27)20-6-4-3-5-7-20/h3-11H,12-17H2,1-2H3. The summed E-state index contributed by atoms with van der Waals surface area (Å²) in [5, 5.41) is 0. The normalized spacial score (nSPS) is 15.5. The zero-order valence-electron chi connectivity index (χ0n) is 16.8. The number of carbonyl (C=O) groups is 1. The molecule has 1 aliphatic rings. The van der Waals surface area contributed by atoms with E-state index in [0.29, 0.717) is 37.6 Å². The van der Waals surface area contributed by atoms with Gasteiger partial charge in [0.25, 0.3) is 0 Å². The smallest absolute Gasteiger partial charge is 0.243 e. The van der Waals surface area contributed by atoms with Gasteiger partial charge in [-0.15, -0.1) is 0 Å². The van der Waals surface area contributed by atoms with Crippen molar-refractivity contribution in [3.8, 4) is 5.75 Å². The second kappa shape index (κ2) is 9.39. The molecule has 0 bridgehead atoms. The Labute approximate surface area is 172 Å². The van der Waals surface area contributed by atoms with E-state index in [0.717, 1.165) is 11.3 Å². The molecular weight excluding hydrogens is 390 g/mol. The summed E-state index contributed by atoms with van der Waals surface area (Å²) >= 11 is 0. The number of ether oxygens (including phenoxy) is 1. The van der Waals surface area contributed by atoms with Crippen molar-refractivity contribution in [3.05, 3.63) is 60.2 Å². The van der Waals surface area contributed by atoms with Crippen molar-refractivity contribution < 1.29 is 17.9 Å². The Bertz CT molecular complexity index is 909. The number of hydrogen-bond acceptors (Lipinski definition) is 5. The molecule has 2 aromatic carbocycles. The quantitative estimate of drug-likeness (QED) is 0.685. The van der Waals surface area contributed by atoms with Gasteiger partial charge in [-0.1, -0.05) is 30.3 Å². The predicted octanol–water partition coefficient (Wildman–Crippen LogP) is 1.66. The van der Waals surface area contributed by atoms with Gasteiger partial charge >= 0.3 is 0 Å². The highest BCUT2D eigenvalue weighted by molar-refractivity contribution is 7.89. The molecule has 3 rings (SSSR count). The van der Waals surface area contributed by atoms with Crippen LogP contribution in [0.25, 0.3) is 0 Å². The molecule has 1 aliphatic heterocycles. The molecule has 0 unspecified atom stereocenters. The summed E-state index contributed by atoms with van der Waals surface area (Å²) in [6.07, 6.45) is 0. The van der Waals surface area contributed by atoms with Gasteiger partial charge in [0.15, 0.2) is 0 Å². The number of methoxy groups -OCH3 is 1. The summed E-state index contributed by atoms with van der Waals surface area (Å²) in [6, 6.07) is 16.2. The fraction of sp³-hybridized carbons (Fsp3) is 0.381. The number of amides is 1. The van der Waals surface area contributed by atoms with Crippen molar-refractivity contribution in [3.63, 3.8) is 0 Å². The monoisotopic (exact) mass is 417 g/mol. The third kappa shape index (κ3) is 5.35. The van der Waals surface area contributed by atoms with E-state index in [9.17, 15) is 13.2 Å². The van der Waals surface area contributed by atoms with Crippen LogP contribution in [-0.2, 0) is 21.4 Å². The maximum absolute atomic E-state index is 12.7. The second-order valence-corrected chi connectivity index (χ2v) is 9.06. The number of carbonyl (C=O) groups excluding carboxylic acids is 1. The Morgan fingerprint density at radius 2 is 1.62 bits per heavy atom. The predicted molar refractivity (Wildman–Crippen MR) is 111 cm³/mol. The molecule has 0 radical (unpaired) electrons. The number of hydrogen-bond donors (Lipinski definition) is 0. The van der Waals surface area contributed by atoms with Crippen molar-refractivity contribution >= 4 is 15.9 Å². The molecule has 0 aliphatic carbocycles. The number of nitrogens with zero attached hydrogens (tertiary/aromatic N) is 3. The zero-order valence-corrected chi connectivity index (χ0v) is 17.6. The van der Waals surface area contributed by atoms with Gasteiger partial charge in [0.1, 0.15) is 5.75 Å². The van der Waals surface area contributed by atoms with E-state index in [4.69, 9.17) is 4.74 Å². The highest BCUT2D eigenvalue weighted by Crippen LogP contribution is 2.17. The zero-order chi connectivity index (χ0) is 20.9. The molecule has 0 atom stereocenters. The van der Waals surface area contributed by atoms with Gasteiger partial charge in [0.05, 0.1) is 18.6 Å². The van der Waals surface area contributed by atoms with Gasteiger partial charge in [-0.3, -0.25) is 9.69 Å². The highest BCUT2D eigenvalue weighted by atomic mass is 32.2. The van der Waals surface area contributed by atoms with Gasteiger partial charge < -0.3 is 9.64 Å². The van der Waals surface area contributed by atoms with Gasteiger partial charge in [0, 0.05) is 32.7 Å². The van der Waals surface area contributed by atoms with Gasteiger partial charge in [-0.2, -0.15) is 4.31 Å². The lowest BCUT2D eigenvalue weighted by molar-refractivity contribution is -0.133. The fourth-order valence-corrected chi connectivity index (χ4v) is 4.79. The molecular formula is C21H27N3O4S. The van der Waals surface area contributed by atoms with Crippen LogP contribution in [0.15, 0.2) is 59.5 Å². The number of rotatable bonds is 7. The van der Waals surface area contributed by atoms with Crippen LogP contribution < -0.4 is 4.74 Å². The van der Waals surface area contributed by atoms with E-state index < -0.39 is 10.0 Å². The van der Waals surface area contributed by atoms with Gasteiger partial charge in [-0.05, 0) is 36.9 Å². The topological polar surface area (TPSA) is 70.2 Å². The molecule has 8 heteroatoms. The lowest BCUT2D eigenvalue weighted by Crippen LogP contribution is -2.52. The molecule has 1 saturated heterocycles. The SMILES string of the molecule is COc1ccc(CN(C)CC(=O)N2CCN(S(=O)(=O)c3ccccc3)CC2)cc1. The fourth-order valence-electron chi connectivity index (χ4n) is 3.35. The van der Waals surface area contributed by atoms with Crippen molar-refractivity contribution in [1.82, 2.24) is 14.1 Å². The summed E-state index contributed by atoms with van der Waals surface area (Å²) in [5.74, 6) is 0.813. The highest BCUT2D eigenvalue weighted by Gasteiger charge is 2.30. The summed E-state index contributed by atoms with van der Waals surface area (Å²) in [5.41, 5.74) is 1.10. The molecule has 0 saturated carbocycles. The van der Waals surface area contributed by atoms with Crippen LogP contribution in [0.4, 0.5) is 0 Å². The van der Waals surface area contributed by atoms with Gasteiger partial charge in [-0.25, -0.2) is 8.42 Å². The van der Waals surface area contributed by atoms with E-state index in [1.54, 1.807) is 42.3 Å². The first-order valence-corrected chi connectivity index (χ1v) is 11.0. The van der Waals surface area contributed by atoms with Crippen molar-refractivity contribution in [2.45, 2.75) is 11.4 Å². The largest absolute Gasteiger partial charge is 0.497 e. The lowest BCUT2D eigenvalue weighted by atomic mass is 10.2. The second-order valence-electron chi connectivity index (χ2n) is 7.12. The Morgan fingerprint density at radius 1 is 1.00 bits per heavy atom. The molecule has 1 heterocycles. The minimum atomic E-state index is -3.51. The maximum atomic E-state index is 12.7. The van der Waals surface area contributed by atoms with E-state index >= 15 is 0 Å². The molecule has 2 aromatic rings. The molecule has 0 N–H and O–H groups in total. The van der Waals surface area contributed by atoms with Crippen molar-refractivity contribution in [2.24, 2.45) is 0 Å². The maximum Gasteiger partial charge on any atom is 0.243 e. The van der Waals surface area contributed by atoms with E-state index in [1.807, 2.05) is 36.2 Å². The third-order valence-electron chi connectivity index (χ3n) is 4.99. The average molecular weight is 418 g/mol. The first-order chi connectivity index (χ1) is 13.9. The molecule has 0 spiro atoms. The van der Waals surface area contributed by atoms with Crippen molar-refractivity contribution in [2.75, 3.05) is 46.9 Å². The minimum absolute atomic E-state index is 0.0118. The lowest BCUT2D eigenvalue weighted by Gasteiger charge is -2.34. The Kier molecular flexibility index (Phi) is 6.89. The van der Waals surface area contributed by atoms with E-state index in [-0.39, 0.29) is 12.5 Å². The molecule has 29 heavy (non-hydrogen) atoms. The molecule has 0 aromatic heterocycles. The summed E-state index contributed by atoms with van der Waals surface area (Å²) in [6.45, 7) is 2.37. The van der Waals surface area contributed by atoms with Crippen LogP contribution in [0.1, 0.15) is 5.56 Å².